The summed E-state index contributed by atoms with van der Waals surface area (Å²) in [6.07, 6.45) is 0. The third-order valence-corrected chi connectivity index (χ3v) is 14.4. The lowest BCUT2D eigenvalue weighted by atomic mass is 9.98. The van der Waals surface area contributed by atoms with Crippen LogP contribution in [0, 0.1) is 0 Å². The molecule has 4 nitrogen and oxygen atoms in total. The van der Waals surface area contributed by atoms with E-state index in [0.29, 0.717) is 0 Å². The zero-order valence-corrected chi connectivity index (χ0v) is 39.3. The van der Waals surface area contributed by atoms with Crippen molar-refractivity contribution in [1.82, 2.24) is 9.13 Å². The highest BCUT2D eigenvalue weighted by Gasteiger charge is 2.27. The summed E-state index contributed by atoms with van der Waals surface area (Å²) in [6, 6.07) is 102. The van der Waals surface area contributed by atoms with Crippen molar-refractivity contribution in [3.63, 3.8) is 0 Å². The van der Waals surface area contributed by atoms with Gasteiger partial charge in [0.2, 0.25) is 0 Å². The molecule has 72 heavy (non-hydrogen) atoms. The highest BCUT2D eigenvalue weighted by atomic mass is 15.2. The molecular weight excluding hydrogens is 873 g/mol. The Bertz CT molecular complexity index is 4340. The van der Waals surface area contributed by atoms with Crippen LogP contribution in [0.3, 0.4) is 0 Å². The maximum Gasteiger partial charge on any atom is 0.0781 e. The van der Waals surface area contributed by atoms with E-state index in [-0.39, 0.29) is 0 Å². The Balaban J connectivity index is 1.02. The Kier molecular flexibility index (Phi) is 9.82. The lowest BCUT2D eigenvalue weighted by molar-refractivity contribution is 1.18. The van der Waals surface area contributed by atoms with Crippen molar-refractivity contribution in [2.24, 2.45) is 0 Å². The van der Waals surface area contributed by atoms with Gasteiger partial charge in [-0.2, -0.15) is 0 Å². The van der Waals surface area contributed by atoms with Crippen LogP contribution in [0.1, 0.15) is 0 Å². The second-order valence-electron chi connectivity index (χ2n) is 18.6. The number of aromatic nitrogens is 2. The molecule has 0 amide bonds. The van der Waals surface area contributed by atoms with Gasteiger partial charge in [-0.25, -0.2) is 0 Å². The molecule has 0 saturated heterocycles. The van der Waals surface area contributed by atoms with Gasteiger partial charge >= 0.3 is 0 Å². The molecule has 0 radical (unpaired) electrons. The molecule has 4 heteroatoms. The minimum absolute atomic E-state index is 1.04. The molecule has 14 rings (SSSR count). The van der Waals surface area contributed by atoms with Crippen LogP contribution in [0.15, 0.2) is 279 Å². The van der Waals surface area contributed by atoms with E-state index >= 15 is 0 Å². The van der Waals surface area contributed by atoms with Crippen molar-refractivity contribution in [3.05, 3.63) is 279 Å². The van der Waals surface area contributed by atoms with Crippen LogP contribution < -0.4 is 9.80 Å². The molecule has 0 spiro atoms. The van der Waals surface area contributed by atoms with E-state index in [4.69, 9.17) is 0 Å². The van der Waals surface area contributed by atoms with Crippen molar-refractivity contribution in [3.8, 4) is 22.5 Å². The maximum atomic E-state index is 2.47. The minimum atomic E-state index is 1.04. The van der Waals surface area contributed by atoms with E-state index in [1.54, 1.807) is 0 Å². The smallest absolute Gasteiger partial charge is 0.0781 e. The first-order valence-corrected chi connectivity index (χ1v) is 24.7. The summed E-state index contributed by atoms with van der Waals surface area (Å²) in [4.78, 5) is 4.92. The second kappa shape index (κ2) is 17.1. The first kappa shape index (κ1) is 41.3. The fourth-order valence-corrected chi connectivity index (χ4v) is 11.2. The molecule has 0 atom stereocenters. The van der Waals surface area contributed by atoms with Gasteiger partial charge in [-0.05, 0) is 130 Å². The molecule has 0 N–H and O–H groups in total. The molecule has 0 saturated carbocycles. The third-order valence-electron chi connectivity index (χ3n) is 14.4. The van der Waals surface area contributed by atoms with Gasteiger partial charge in [0, 0.05) is 61.2 Å². The van der Waals surface area contributed by atoms with E-state index in [1.807, 2.05) is 0 Å². The standard InChI is InChI=1S/C68H46N4/c1-4-21-49(22-5-1)58-31-18-34-67(69(52-25-6-2-7-26-52)56-39-41-65-61(45-56)59-29-14-16-32-63(59)71(65)54-37-35-47-19-10-12-23-50(47)43-54)68(58)70(53-27-8-3-9-28-53)57-40-42-66-62(46-57)60-30-15-17-33-64(60)72(66)55-38-36-48-20-11-13-24-51(48)44-55/h1-46H. The van der Waals surface area contributed by atoms with Crippen LogP contribution in [0.2, 0.25) is 0 Å². The lowest BCUT2D eigenvalue weighted by Crippen LogP contribution is -2.18. The maximum absolute atomic E-state index is 2.47. The van der Waals surface area contributed by atoms with Gasteiger partial charge in [0.15, 0.2) is 0 Å². The number of fused-ring (bicyclic) bond motifs is 8. The van der Waals surface area contributed by atoms with Crippen LogP contribution in [-0.2, 0) is 0 Å². The first-order chi connectivity index (χ1) is 35.7. The van der Waals surface area contributed by atoms with Crippen LogP contribution in [0.5, 0.6) is 0 Å². The summed E-state index contributed by atoms with van der Waals surface area (Å²) in [5, 5.41) is 9.67. The van der Waals surface area contributed by atoms with E-state index in [0.717, 1.165) is 67.7 Å². The minimum Gasteiger partial charge on any atom is -0.309 e. The van der Waals surface area contributed by atoms with Crippen LogP contribution in [0.25, 0.3) is 87.7 Å². The van der Waals surface area contributed by atoms with E-state index in [2.05, 4.69) is 298 Å². The lowest BCUT2D eigenvalue weighted by Gasteiger charge is -2.35. The van der Waals surface area contributed by atoms with Gasteiger partial charge in [-0.1, -0.05) is 176 Å². The molecular formula is C68H46N4. The largest absolute Gasteiger partial charge is 0.309 e. The molecule has 14 aromatic rings. The molecule has 0 bridgehead atoms. The van der Waals surface area contributed by atoms with Crippen LogP contribution in [-0.4, -0.2) is 9.13 Å². The van der Waals surface area contributed by atoms with Crippen molar-refractivity contribution in [2.45, 2.75) is 0 Å². The fourth-order valence-electron chi connectivity index (χ4n) is 11.2. The Morgan fingerprint density at radius 1 is 0.250 bits per heavy atom. The summed E-state index contributed by atoms with van der Waals surface area (Å²) in [5.74, 6) is 0. The topological polar surface area (TPSA) is 16.3 Å². The van der Waals surface area contributed by atoms with Crippen LogP contribution >= 0.6 is 0 Å². The first-order valence-electron chi connectivity index (χ1n) is 24.7. The van der Waals surface area contributed by atoms with Crippen molar-refractivity contribution < 1.29 is 0 Å². The number of para-hydroxylation sites is 5. The SMILES string of the molecule is c1ccc(-c2cccc(N(c3ccccc3)c3ccc4c(c3)c3ccccc3n4-c3ccc4ccccc4c3)c2N(c2ccccc2)c2ccc3c(c2)c2ccccc2n3-c2ccc3ccccc3c2)cc1. The normalized spacial score (nSPS) is 11.6. The van der Waals surface area contributed by atoms with Gasteiger partial charge in [-0.15, -0.1) is 0 Å². The number of hydrogen-bond donors (Lipinski definition) is 0. The quantitative estimate of drug-likeness (QED) is 0.143. The fraction of sp³-hybridized carbons (Fsp3) is 0. The Morgan fingerprint density at radius 3 is 1.22 bits per heavy atom. The zero-order valence-electron chi connectivity index (χ0n) is 39.3. The predicted molar refractivity (Wildman–Crippen MR) is 305 cm³/mol. The van der Waals surface area contributed by atoms with Gasteiger partial charge < -0.3 is 18.9 Å². The Morgan fingerprint density at radius 2 is 0.681 bits per heavy atom. The summed E-state index contributed by atoms with van der Waals surface area (Å²) in [6.45, 7) is 0. The van der Waals surface area contributed by atoms with Gasteiger partial charge in [0.1, 0.15) is 0 Å². The Labute approximate surface area is 417 Å². The van der Waals surface area contributed by atoms with Crippen molar-refractivity contribution in [1.29, 1.82) is 0 Å². The van der Waals surface area contributed by atoms with E-state index in [1.165, 1.54) is 54.1 Å². The summed E-state index contributed by atoms with van der Waals surface area (Å²) in [5.41, 5.74) is 15.5. The number of hydrogen-bond acceptors (Lipinski definition) is 2. The summed E-state index contributed by atoms with van der Waals surface area (Å²) < 4.78 is 4.83. The number of anilines is 6. The highest BCUT2D eigenvalue weighted by molar-refractivity contribution is 6.13. The zero-order chi connectivity index (χ0) is 47.5. The van der Waals surface area contributed by atoms with Crippen molar-refractivity contribution >= 4 is 99.3 Å². The molecule has 0 aliphatic heterocycles. The second-order valence-corrected chi connectivity index (χ2v) is 18.6. The molecule has 0 aliphatic carbocycles. The van der Waals surface area contributed by atoms with Gasteiger partial charge in [-0.3, -0.25) is 0 Å². The van der Waals surface area contributed by atoms with E-state index < -0.39 is 0 Å². The molecule has 2 aromatic heterocycles. The summed E-state index contributed by atoms with van der Waals surface area (Å²) >= 11 is 0. The van der Waals surface area contributed by atoms with Gasteiger partial charge in [0.05, 0.1) is 33.4 Å². The number of nitrogens with zero attached hydrogens (tertiary/aromatic N) is 4. The monoisotopic (exact) mass is 918 g/mol. The predicted octanol–water partition coefficient (Wildman–Crippen LogP) is 18.8. The molecule has 338 valence electrons. The molecule has 0 aliphatic rings. The summed E-state index contributed by atoms with van der Waals surface area (Å²) in [7, 11) is 0. The molecule has 0 unspecified atom stereocenters. The van der Waals surface area contributed by atoms with Crippen LogP contribution in [0.4, 0.5) is 34.1 Å². The highest BCUT2D eigenvalue weighted by Crippen LogP contribution is 2.51. The third kappa shape index (κ3) is 6.84. The van der Waals surface area contributed by atoms with E-state index in [9.17, 15) is 0 Å². The molecule has 0 fully saturated rings. The number of rotatable bonds is 9. The average molecular weight is 919 g/mol. The Hall–Kier alpha value is -9.64. The molecule has 12 aromatic carbocycles. The van der Waals surface area contributed by atoms with Crippen molar-refractivity contribution in [2.75, 3.05) is 9.80 Å². The van der Waals surface area contributed by atoms with Gasteiger partial charge in [0.25, 0.3) is 0 Å². The average Bonchev–Trinajstić information content (AvgIpc) is 3.96. The number of benzene rings is 12. The molecule has 2 heterocycles.